The zero-order valence-electron chi connectivity index (χ0n) is 9.50. The van der Waals surface area contributed by atoms with Crippen LogP contribution < -0.4 is 5.32 Å². The van der Waals surface area contributed by atoms with Crippen molar-refractivity contribution >= 4 is 11.6 Å². The van der Waals surface area contributed by atoms with Gasteiger partial charge in [-0.1, -0.05) is 11.6 Å². The van der Waals surface area contributed by atoms with E-state index in [0.29, 0.717) is 0 Å². The molecule has 0 amide bonds. The fraction of sp³-hybridized carbons (Fsp3) is 0.231. The van der Waals surface area contributed by atoms with Gasteiger partial charge in [-0.15, -0.1) is 0 Å². The molecule has 1 aliphatic heterocycles. The van der Waals surface area contributed by atoms with Gasteiger partial charge in [0, 0.05) is 34.9 Å². The van der Waals surface area contributed by atoms with E-state index in [9.17, 15) is 0 Å². The Morgan fingerprint density at radius 3 is 2.65 bits per heavy atom. The molecule has 0 radical (unpaired) electrons. The number of benzene rings is 1. The molecule has 1 N–H and O–H groups in total. The van der Waals surface area contributed by atoms with Gasteiger partial charge in [-0.25, -0.2) is 9.97 Å². The number of hydrogen-bond acceptors (Lipinski definition) is 3. The Balaban J connectivity index is 2.10. The van der Waals surface area contributed by atoms with Gasteiger partial charge in [0.05, 0.1) is 5.69 Å². The lowest BCUT2D eigenvalue weighted by Gasteiger charge is -2.06. The first-order chi connectivity index (χ1) is 8.24. The Labute approximate surface area is 105 Å². The molecule has 2 heterocycles. The van der Waals surface area contributed by atoms with Crippen LogP contribution in [0.1, 0.15) is 17.0 Å². The van der Waals surface area contributed by atoms with Gasteiger partial charge in [-0.2, -0.15) is 0 Å². The highest BCUT2D eigenvalue weighted by atomic mass is 35.5. The van der Waals surface area contributed by atoms with Gasteiger partial charge in [-0.3, -0.25) is 0 Å². The quantitative estimate of drug-likeness (QED) is 0.840. The summed E-state index contributed by atoms with van der Waals surface area (Å²) in [6, 6.07) is 7.62. The molecule has 0 saturated carbocycles. The third-order valence-corrected chi connectivity index (χ3v) is 3.25. The topological polar surface area (TPSA) is 37.8 Å². The van der Waals surface area contributed by atoms with Crippen molar-refractivity contribution in [3.05, 3.63) is 46.2 Å². The van der Waals surface area contributed by atoms with Crippen LogP contribution in [-0.4, -0.2) is 9.97 Å². The average Bonchev–Trinajstić information content (AvgIpc) is 2.78. The number of fused-ring (bicyclic) bond motifs is 1. The minimum Gasteiger partial charge on any atom is -0.307 e. The molecule has 0 saturated heterocycles. The van der Waals surface area contributed by atoms with Crippen molar-refractivity contribution in [1.29, 1.82) is 0 Å². The monoisotopic (exact) mass is 245 g/mol. The maximum atomic E-state index is 5.87. The molecule has 0 atom stereocenters. The molecular formula is C13H12ClN3. The molecule has 2 aromatic rings. The molecule has 3 rings (SSSR count). The zero-order valence-corrected chi connectivity index (χ0v) is 10.3. The summed E-state index contributed by atoms with van der Waals surface area (Å²) >= 11 is 5.87. The molecule has 1 aliphatic rings. The van der Waals surface area contributed by atoms with E-state index in [0.717, 1.165) is 40.9 Å². The molecule has 0 fully saturated rings. The second-order valence-corrected chi connectivity index (χ2v) is 4.60. The Morgan fingerprint density at radius 1 is 1.12 bits per heavy atom. The fourth-order valence-corrected chi connectivity index (χ4v) is 2.19. The van der Waals surface area contributed by atoms with Gasteiger partial charge in [-0.05, 0) is 31.2 Å². The molecule has 0 unspecified atom stereocenters. The lowest BCUT2D eigenvalue weighted by atomic mass is 10.1. The lowest BCUT2D eigenvalue weighted by Crippen LogP contribution is -2.00. The highest BCUT2D eigenvalue weighted by molar-refractivity contribution is 6.30. The molecule has 0 aliphatic carbocycles. The second-order valence-electron chi connectivity index (χ2n) is 4.17. The summed E-state index contributed by atoms with van der Waals surface area (Å²) in [5, 5.41) is 4.02. The minimum atomic E-state index is 0.730. The maximum absolute atomic E-state index is 5.87. The number of halogens is 1. The first kappa shape index (κ1) is 10.7. The maximum Gasteiger partial charge on any atom is 0.159 e. The van der Waals surface area contributed by atoms with E-state index in [4.69, 9.17) is 11.6 Å². The Morgan fingerprint density at radius 2 is 1.88 bits per heavy atom. The van der Waals surface area contributed by atoms with Crippen LogP contribution in [-0.2, 0) is 13.1 Å². The van der Waals surface area contributed by atoms with E-state index in [1.807, 2.05) is 31.2 Å². The van der Waals surface area contributed by atoms with E-state index in [-0.39, 0.29) is 0 Å². The Hall–Kier alpha value is -1.45. The van der Waals surface area contributed by atoms with Crippen LogP contribution in [0.25, 0.3) is 11.4 Å². The second kappa shape index (κ2) is 4.09. The van der Waals surface area contributed by atoms with Crippen molar-refractivity contribution < 1.29 is 0 Å². The summed E-state index contributed by atoms with van der Waals surface area (Å²) in [6.07, 6.45) is 0. The first-order valence-electron chi connectivity index (χ1n) is 5.57. The van der Waals surface area contributed by atoms with Crippen LogP contribution in [0.4, 0.5) is 0 Å². The standard InChI is InChI=1S/C13H12ClN3/c1-8-11-6-15-7-12(11)17-13(16-8)9-2-4-10(14)5-3-9/h2-5,15H,6-7H2,1H3. The summed E-state index contributed by atoms with van der Waals surface area (Å²) in [6.45, 7) is 3.74. The SMILES string of the molecule is Cc1nc(-c2ccc(Cl)cc2)nc2c1CNC2. The Bertz CT molecular complexity index is 564. The summed E-state index contributed by atoms with van der Waals surface area (Å²) in [4.78, 5) is 9.15. The van der Waals surface area contributed by atoms with Crippen molar-refractivity contribution in [2.75, 3.05) is 0 Å². The largest absolute Gasteiger partial charge is 0.307 e. The predicted molar refractivity (Wildman–Crippen MR) is 67.8 cm³/mol. The zero-order chi connectivity index (χ0) is 11.8. The molecule has 4 heteroatoms. The molecule has 17 heavy (non-hydrogen) atoms. The fourth-order valence-electron chi connectivity index (χ4n) is 2.07. The number of hydrogen-bond donors (Lipinski definition) is 1. The van der Waals surface area contributed by atoms with Crippen LogP contribution in [0.15, 0.2) is 24.3 Å². The van der Waals surface area contributed by atoms with E-state index in [1.54, 1.807) is 0 Å². The first-order valence-corrected chi connectivity index (χ1v) is 5.95. The van der Waals surface area contributed by atoms with Crippen LogP contribution >= 0.6 is 11.6 Å². The molecule has 1 aromatic heterocycles. The van der Waals surface area contributed by atoms with E-state index in [2.05, 4.69) is 15.3 Å². The molecule has 86 valence electrons. The van der Waals surface area contributed by atoms with Crippen LogP contribution in [0.3, 0.4) is 0 Å². The third kappa shape index (κ3) is 1.92. The summed E-state index contributed by atoms with van der Waals surface area (Å²) < 4.78 is 0. The number of aromatic nitrogens is 2. The summed E-state index contributed by atoms with van der Waals surface area (Å²) in [7, 11) is 0. The summed E-state index contributed by atoms with van der Waals surface area (Å²) in [5.74, 6) is 0.779. The predicted octanol–water partition coefficient (Wildman–Crippen LogP) is 2.71. The van der Waals surface area contributed by atoms with Crippen molar-refractivity contribution in [2.45, 2.75) is 20.0 Å². The third-order valence-electron chi connectivity index (χ3n) is 3.00. The van der Waals surface area contributed by atoms with Crippen molar-refractivity contribution in [3.63, 3.8) is 0 Å². The van der Waals surface area contributed by atoms with Crippen molar-refractivity contribution in [1.82, 2.24) is 15.3 Å². The number of nitrogens with zero attached hydrogens (tertiary/aromatic N) is 2. The normalized spacial score (nSPS) is 13.8. The Kier molecular flexibility index (Phi) is 2.57. The average molecular weight is 246 g/mol. The van der Waals surface area contributed by atoms with Crippen molar-refractivity contribution in [2.24, 2.45) is 0 Å². The van der Waals surface area contributed by atoms with Gasteiger partial charge >= 0.3 is 0 Å². The highest BCUT2D eigenvalue weighted by Crippen LogP contribution is 2.22. The number of aryl methyl sites for hydroxylation is 1. The number of rotatable bonds is 1. The van der Waals surface area contributed by atoms with Gasteiger partial charge in [0.2, 0.25) is 0 Å². The molecule has 3 nitrogen and oxygen atoms in total. The van der Waals surface area contributed by atoms with Crippen molar-refractivity contribution in [3.8, 4) is 11.4 Å². The number of nitrogens with one attached hydrogen (secondary N) is 1. The highest BCUT2D eigenvalue weighted by Gasteiger charge is 2.16. The van der Waals surface area contributed by atoms with Crippen LogP contribution in [0, 0.1) is 6.92 Å². The smallest absolute Gasteiger partial charge is 0.159 e. The molecule has 0 bridgehead atoms. The molecule has 1 aromatic carbocycles. The lowest BCUT2D eigenvalue weighted by molar-refractivity contribution is 0.757. The van der Waals surface area contributed by atoms with Crippen LogP contribution in [0.5, 0.6) is 0 Å². The van der Waals surface area contributed by atoms with E-state index in [1.165, 1.54) is 5.56 Å². The van der Waals surface area contributed by atoms with Gasteiger partial charge in [0.1, 0.15) is 0 Å². The van der Waals surface area contributed by atoms with E-state index < -0.39 is 0 Å². The van der Waals surface area contributed by atoms with Gasteiger partial charge < -0.3 is 5.32 Å². The summed E-state index contributed by atoms with van der Waals surface area (Å²) in [5.41, 5.74) is 4.42. The molecule has 0 spiro atoms. The minimum absolute atomic E-state index is 0.730. The van der Waals surface area contributed by atoms with Gasteiger partial charge in [0.15, 0.2) is 5.82 Å². The van der Waals surface area contributed by atoms with E-state index >= 15 is 0 Å². The molecular weight excluding hydrogens is 234 g/mol. The van der Waals surface area contributed by atoms with Gasteiger partial charge in [0.25, 0.3) is 0 Å². The van der Waals surface area contributed by atoms with Crippen LogP contribution in [0.2, 0.25) is 5.02 Å².